The van der Waals surface area contributed by atoms with E-state index in [4.69, 9.17) is 5.26 Å². The average molecular weight is 244 g/mol. The summed E-state index contributed by atoms with van der Waals surface area (Å²) in [6.45, 7) is 1.86. The largest absolute Gasteiger partial charge is 0.262 e. The zero-order valence-electron chi connectivity index (χ0n) is 9.42. The maximum atomic E-state index is 8.87. The highest BCUT2D eigenvalue weighted by Gasteiger charge is 2.15. The van der Waals surface area contributed by atoms with E-state index in [1.165, 1.54) is 11.8 Å². The molecule has 0 saturated carbocycles. The molecule has 1 heterocycles. The Bertz CT molecular complexity index is 515. The molecule has 5 heteroatoms. The smallest absolute Gasteiger partial charge is 0.209 e. The molecule has 1 unspecified atom stereocenters. The Balaban J connectivity index is 2.16. The van der Waals surface area contributed by atoms with Gasteiger partial charge in [0.05, 0.1) is 17.7 Å². The van der Waals surface area contributed by atoms with Crippen molar-refractivity contribution < 1.29 is 0 Å². The minimum Gasteiger partial charge on any atom is -0.262 e. The first-order valence-corrected chi connectivity index (χ1v) is 6.15. The molecule has 1 aromatic carbocycles. The number of nitriles is 1. The van der Waals surface area contributed by atoms with Crippen molar-refractivity contribution in [3.05, 3.63) is 41.7 Å². The van der Waals surface area contributed by atoms with Crippen molar-refractivity contribution in [3.63, 3.8) is 0 Å². The van der Waals surface area contributed by atoms with Gasteiger partial charge in [0.15, 0.2) is 0 Å². The second-order valence-corrected chi connectivity index (χ2v) is 4.75. The molecule has 0 radical (unpaired) electrons. The Kier molecular flexibility index (Phi) is 3.78. The van der Waals surface area contributed by atoms with Crippen LogP contribution in [0.25, 0.3) is 0 Å². The molecule has 2 rings (SSSR count). The number of aromatic nitrogens is 3. The standard InChI is InChI=1S/C12H12N4S/c1-9-14-12(16-15-9)17-11(7-8-13)10-5-3-2-4-6-10/h2-6,11H,7H2,1H3,(H,14,15,16). The van der Waals surface area contributed by atoms with Crippen LogP contribution in [0.5, 0.6) is 0 Å². The molecule has 0 aliphatic carbocycles. The molecule has 0 bridgehead atoms. The van der Waals surface area contributed by atoms with Gasteiger partial charge in [0.2, 0.25) is 5.16 Å². The Labute approximate surface area is 104 Å². The maximum Gasteiger partial charge on any atom is 0.209 e. The topological polar surface area (TPSA) is 65.4 Å². The van der Waals surface area contributed by atoms with Crippen LogP contribution in [-0.2, 0) is 0 Å². The summed E-state index contributed by atoms with van der Waals surface area (Å²) in [6.07, 6.45) is 0.447. The molecular formula is C12H12N4S. The molecule has 17 heavy (non-hydrogen) atoms. The van der Waals surface area contributed by atoms with Gasteiger partial charge in [-0.15, -0.1) is 5.10 Å². The highest BCUT2D eigenvalue weighted by molar-refractivity contribution is 7.99. The number of hydrogen-bond acceptors (Lipinski definition) is 4. The molecule has 1 N–H and O–H groups in total. The van der Waals surface area contributed by atoms with Gasteiger partial charge in [0.25, 0.3) is 0 Å². The summed E-state index contributed by atoms with van der Waals surface area (Å²) in [5, 5.41) is 16.5. The van der Waals surface area contributed by atoms with Crippen LogP contribution in [0.15, 0.2) is 35.5 Å². The van der Waals surface area contributed by atoms with Crippen molar-refractivity contribution >= 4 is 11.8 Å². The third-order valence-electron chi connectivity index (χ3n) is 2.27. The van der Waals surface area contributed by atoms with E-state index < -0.39 is 0 Å². The Morgan fingerprint density at radius 1 is 1.41 bits per heavy atom. The predicted octanol–water partition coefficient (Wildman–Crippen LogP) is 2.86. The highest BCUT2D eigenvalue weighted by atomic mass is 32.2. The van der Waals surface area contributed by atoms with E-state index in [0.29, 0.717) is 11.6 Å². The van der Waals surface area contributed by atoms with Crippen LogP contribution >= 0.6 is 11.8 Å². The molecule has 0 fully saturated rings. The van der Waals surface area contributed by atoms with E-state index in [2.05, 4.69) is 21.3 Å². The fourth-order valence-corrected chi connectivity index (χ4v) is 2.47. The number of hydrogen-bond donors (Lipinski definition) is 1. The van der Waals surface area contributed by atoms with Gasteiger partial charge >= 0.3 is 0 Å². The molecule has 0 aliphatic rings. The third-order valence-corrected chi connectivity index (χ3v) is 3.39. The summed E-state index contributed by atoms with van der Waals surface area (Å²) in [5.74, 6) is 0.788. The van der Waals surface area contributed by atoms with Crippen molar-refractivity contribution in [3.8, 4) is 6.07 Å². The van der Waals surface area contributed by atoms with Crippen LogP contribution in [0.4, 0.5) is 0 Å². The van der Waals surface area contributed by atoms with Crippen LogP contribution in [0.1, 0.15) is 23.1 Å². The molecule has 0 aliphatic heterocycles. The Morgan fingerprint density at radius 3 is 2.76 bits per heavy atom. The number of thioether (sulfide) groups is 1. The van der Waals surface area contributed by atoms with Gasteiger partial charge in [0.1, 0.15) is 5.82 Å². The Hall–Kier alpha value is -1.80. The first kappa shape index (κ1) is 11.7. The number of benzene rings is 1. The molecule has 0 saturated heterocycles. The summed E-state index contributed by atoms with van der Waals surface area (Å²) in [5.41, 5.74) is 1.13. The second-order valence-electron chi connectivity index (χ2n) is 3.58. The molecule has 4 nitrogen and oxygen atoms in total. The quantitative estimate of drug-likeness (QED) is 0.840. The van der Waals surface area contributed by atoms with Gasteiger partial charge < -0.3 is 0 Å². The van der Waals surface area contributed by atoms with Crippen molar-refractivity contribution in [1.29, 1.82) is 5.26 Å². The van der Waals surface area contributed by atoms with Crippen LogP contribution in [-0.4, -0.2) is 15.2 Å². The van der Waals surface area contributed by atoms with Gasteiger partial charge in [-0.25, -0.2) is 4.98 Å². The molecular weight excluding hydrogens is 232 g/mol. The molecule has 2 aromatic rings. The second kappa shape index (κ2) is 5.51. The van der Waals surface area contributed by atoms with E-state index >= 15 is 0 Å². The van der Waals surface area contributed by atoms with Crippen LogP contribution in [0.2, 0.25) is 0 Å². The third kappa shape index (κ3) is 3.08. The first-order valence-electron chi connectivity index (χ1n) is 5.27. The zero-order valence-corrected chi connectivity index (χ0v) is 10.2. The maximum absolute atomic E-state index is 8.87. The molecule has 1 atom stereocenters. The van der Waals surface area contributed by atoms with Gasteiger partial charge in [0, 0.05) is 0 Å². The summed E-state index contributed by atoms with van der Waals surface area (Å²) >= 11 is 1.51. The van der Waals surface area contributed by atoms with Crippen molar-refractivity contribution in [1.82, 2.24) is 15.2 Å². The number of aromatic amines is 1. The number of H-pyrrole nitrogens is 1. The van der Waals surface area contributed by atoms with Crippen LogP contribution in [0, 0.1) is 18.3 Å². The SMILES string of the molecule is Cc1nc(SC(CC#N)c2ccccc2)n[nH]1. The molecule has 86 valence electrons. The summed E-state index contributed by atoms with van der Waals surface area (Å²) in [4.78, 5) is 4.25. The summed E-state index contributed by atoms with van der Waals surface area (Å²) in [6, 6.07) is 12.2. The first-order chi connectivity index (χ1) is 8.29. The van der Waals surface area contributed by atoms with Crippen molar-refractivity contribution in [2.75, 3.05) is 0 Å². The normalized spacial score (nSPS) is 12.0. The van der Waals surface area contributed by atoms with Crippen LogP contribution < -0.4 is 0 Å². The van der Waals surface area contributed by atoms with Crippen molar-refractivity contribution in [2.45, 2.75) is 23.8 Å². The number of rotatable bonds is 4. The fourth-order valence-electron chi connectivity index (χ4n) is 1.48. The van der Waals surface area contributed by atoms with Gasteiger partial charge in [-0.3, -0.25) is 5.10 Å². The average Bonchev–Trinajstić information content (AvgIpc) is 2.75. The van der Waals surface area contributed by atoms with E-state index in [0.717, 1.165) is 11.4 Å². The summed E-state index contributed by atoms with van der Waals surface area (Å²) < 4.78 is 0. The minimum atomic E-state index is 0.0800. The van der Waals surface area contributed by atoms with E-state index in [1.807, 2.05) is 37.3 Å². The zero-order chi connectivity index (χ0) is 12.1. The van der Waals surface area contributed by atoms with Gasteiger partial charge in [-0.1, -0.05) is 42.1 Å². The molecule has 1 aromatic heterocycles. The van der Waals surface area contributed by atoms with Crippen LogP contribution in [0.3, 0.4) is 0 Å². The lowest BCUT2D eigenvalue weighted by molar-refractivity contribution is 0.932. The van der Waals surface area contributed by atoms with E-state index in [-0.39, 0.29) is 5.25 Å². The summed E-state index contributed by atoms with van der Waals surface area (Å²) in [7, 11) is 0. The van der Waals surface area contributed by atoms with Crippen molar-refractivity contribution in [2.24, 2.45) is 0 Å². The lowest BCUT2D eigenvalue weighted by Gasteiger charge is -2.10. The highest BCUT2D eigenvalue weighted by Crippen LogP contribution is 2.35. The predicted molar refractivity (Wildman–Crippen MR) is 66.4 cm³/mol. The lowest BCUT2D eigenvalue weighted by atomic mass is 10.1. The van der Waals surface area contributed by atoms with E-state index in [9.17, 15) is 0 Å². The minimum absolute atomic E-state index is 0.0800. The Morgan fingerprint density at radius 2 is 2.18 bits per heavy atom. The molecule has 0 amide bonds. The number of aryl methyl sites for hydroxylation is 1. The lowest BCUT2D eigenvalue weighted by Crippen LogP contribution is -1.93. The van der Waals surface area contributed by atoms with E-state index in [1.54, 1.807) is 0 Å². The number of nitrogens with zero attached hydrogens (tertiary/aromatic N) is 3. The molecule has 0 spiro atoms. The fraction of sp³-hybridized carbons (Fsp3) is 0.250. The number of nitrogens with one attached hydrogen (secondary N) is 1. The van der Waals surface area contributed by atoms with Gasteiger partial charge in [-0.2, -0.15) is 5.26 Å². The van der Waals surface area contributed by atoms with Gasteiger partial charge in [-0.05, 0) is 12.5 Å². The monoisotopic (exact) mass is 244 g/mol.